The van der Waals surface area contributed by atoms with E-state index in [2.05, 4.69) is 9.97 Å². The number of carbonyl (C=O) groups is 2. The molecule has 2 aromatic carbocycles. The topological polar surface area (TPSA) is 99.8 Å². The van der Waals surface area contributed by atoms with Crippen molar-refractivity contribution >= 4 is 22.5 Å². The van der Waals surface area contributed by atoms with Crippen LogP contribution in [0.1, 0.15) is 26.4 Å². The van der Waals surface area contributed by atoms with Gasteiger partial charge in [0, 0.05) is 33.3 Å². The number of fused-ring (bicyclic) bond motifs is 1. The highest BCUT2D eigenvalue weighted by Crippen LogP contribution is 2.26. The van der Waals surface area contributed by atoms with E-state index in [1.807, 2.05) is 24.3 Å². The van der Waals surface area contributed by atoms with E-state index in [0.717, 1.165) is 11.1 Å². The molecular weight excluding hydrogens is 354 g/mol. The Bertz CT molecular complexity index is 1210. The lowest BCUT2D eigenvalue weighted by molar-refractivity contribution is 0.0846. The van der Waals surface area contributed by atoms with Crippen LogP contribution in [0.2, 0.25) is 0 Å². The predicted molar refractivity (Wildman–Crippen MR) is 103 cm³/mol. The molecule has 6 nitrogen and oxygen atoms in total. The Morgan fingerprint density at radius 1 is 1.11 bits per heavy atom. The Kier molecular flexibility index (Phi) is 4.34. The fraction of sp³-hybridized carbons (Fsp3) is 0.0909. The number of benzene rings is 2. The minimum absolute atomic E-state index is 0.292. The molecule has 4 rings (SSSR count). The van der Waals surface area contributed by atoms with Gasteiger partial charge in [0.2, 0.25) is 0 Å². The number of rotatable bonds is 5. The molecule has 0 aliphatic carbocycles. The number of H-pyrrole nitrogens is 1. The number of aromatic nitrogens is 2. The first-order chi connectivity index (χ1) is 13.6. The Morgan fingerprint density at radius 3 is 2.54 bits per heavy atom. The lowest BCUT2D eigenvalue weighted by Gasteiger charge is -2.08. The number of oxazole rings is 1. The van der Waals surface area contributed by atoms with E-state index < -0.39 is 17.5 Å². The van der Waals surface area contributed by atoms with E-state index in [0.29, 0.717) is 28.0 Å². The molecule has 28 heavy (non-hydrogen) atoms. The maximum Gasteiger partial charge on any atom is 0.190 e. The number of aryl methyl sites for hydroxylation is 1. The number of nitriles is 1. The van der Waals surface area contributed by atoms with Crippen molar-refractivity contribution in [3.63, 3.8) is 0 Å². The third kappa shape index (κ3) is 2.89. The number of para-hydroxylation sites is 1. The third-order valence-electron chi connectivity index (χ3n) is 4.68. The van der Waals surface area contributed by atoms with Crippen LogP contribution in [0.25, 0.3) is 22.2 Å². The van der Waals surface area contributed by atoms with E-state index in [1.54, 1.807) is 43.5 Å². The molecule has 6 heteroatoms. The monoisotopic (exact) mass is 369 g/mol. The largest absolute Gasteiger partial charge is 0.444 e. The molecule has 136 valence electrons. The summed E-state index contributed by atoms with van der Waals surface area (Å²) in [6.45, 7) is 1.76. The van der Waals surface area contributed by atoms with Gasteiger partial charge in [-0.2, -0.15) is 5.26 Å². The van der Waals surface area contributed by atoms with Crippen LogP contribution in [-0.4, -0.2) is 21.5 Å². The van der Waals surface area contributed by atoms with Crippen LogP contribution in [0.5, 0.6) is 0 Å². The number of carbonyl (C=O) groups excluding carboxylic acids is 2. The Morgan fingerprint density at radius 2 is 1.86 bits per heavy atom. The van der Waals surface area contributed by atoms with Gasteiger partial charge in [0.15, 0.2) is 29.6 Å². The molecule has 0 bridgehead atoms. The second-order valence-electron chi connectivity index (χ2n) is 6.40. The minimum Gasteiger partial charge on any atom is -0.444 e. The van der Waals surface area contributed by atoms with Crippen LogP contribution in [0.15, 0.2) is 65.5 Å². The second-order valence-corrected chi connectivity index (χ2v) is 6.40. The SMILES string of the molecule is Cc1[nH]c2ccccc2c1C(=O)C(C#N)C(=O)c1ccc(-c2cnco2)cc1. The van der Waals surface area contributed by atoms with Gasteiger partial charge in [-0.05, 0) is 13.0 Å². The molecule has 0 fully saturated rings. The summed E-state index contributed by atoms with van der Waals surface area (Å²) in [6, 6.07) is 15.8. The van der Waals surface area contributed by atoms with Crippen molar-refractivity contribution < 1.29 is 14.0 Å². The minimum atomic E-state index is -1.41. The molecule has 0 saturated carbocycles. The summed E-state index contributed by atoms with van der Waals surface area (Å²) >= 11 is 0. The summed E-state index contributed by atoms with van der Waals surface area (Å²) in [5.41, 5.74) is 2.86. The molecular formula is C22H15N3O3. The van der Waals surface area contributed by atoms with Crippen LogP contribution in [-0.2, 0) is 0 Å². The number of hydrogen-bond acceptors (Lipinski definition) is 5. The van der Waals surface area contributed by atoms with Crippen molar-refractivity contribution in [2.24, 2.45) is 5.92 Å². The average Bonchev–Trinajstić information content (AvgIpc) is 3.35. The van der Waals surface area contributed by atoms with Crippen molar-refractivity contribution in [1.82, 2.24) is 9.97 Å². The third-order valence-corrected chi connectivity index (χ3v) is 4.68. The van der Waals surface area contributed by atoms with Crippen LogP contribution >= 0.6 is 0 Å². The van der Waals surface area contributed by atoms with E-state index in [9.17, 15) is 14.9 Å². The van der Waals surface area contributed by atoms with Gasteiger partial charge in [-0.15, -0.1) is 0 Å². The summed E-state index contributed by atoms with van der Waals surface area (Å²) < 4.78 is 5.22. The highest BCUT2D eigenvalue weighted by molar-refractivity contribution is 6.22. The number of ketones is 2. The summed E-state index contributed by atoms with van der Waals surface area (Å²) in [7, 11) is 0. The zero-order valence-electron chi connectivity index (χ0n) is 15.0. The van der Waals surface area contributed by atoms with Crippen LogP contribution in [0, 0.1) is 24.2 Å². The molecule has 1 atom stereocenters. The van der Waals surface area contributed by atoms with E-state index in [1.165, 1.54) is 6.39 Å². The van der Waals surface area contributed by atoms with Crippen molar-refractivity contribution in [3.8, 4) is 17.4 Å². The number of aromatic amines is 1. The Balaban J connectivity index is 1.66. The van der Waals surface area contributed by atoms with E-state index in [4.69, 9.17) is 4.42 Å². The number of nitrogens with zero attached hydrogens (tertiary/aromatic N) is 2. The van der Waals surface area contributed by atoms with Gasteiger partial charge in [-0.1, -0.05) is 42.5 Å². The predicted octanol–water partition coefficient (Wildman–Crippen LogP) is 4.34. The Hall–Kier alpha value is -3.98. The first-order valence-electron chi connectivity index (χ1n) is 8.64. The summed E-state index contributed by atoms with van der Waals surface area (Å²) in [4.78, 5) is 32.9. The van der Waals surface area contributed by atoms with Crippen molar-refractivity contribution in [2.45, 2.75) is 6.92 Å². The lowest BCUT2D eigenvalue weighted by Crippen LogP contribution is -2.23. The molecule has 2 heterocycles. The van der Waals surface area contributed by atoms with Gasteiger partial charge in [-0.25, -0.2) is 4.98 Å². The molecule has 0 aliphatic heterocycles. The highest BCUT2D eigenvalue weighted by atomic mass is 16.3. The summed E-state index contributed by atoms with van der Waals surface area (Å²) in [6.07, 6.45) is 2.89. The average molecular weight is 369 g/mol. The van der Waals surface area contributed by atoms with Gasteiger partial charge in [-0.3, -0.25) is 9.59 Å². The molecule has 2 aromatic heterocycles. The molecule has 0 spiro atoms. The van der Waals surface area contributed by atoms with Crippen molar-refractivity contribution in [2.75, 3.05) is 0 Å². The number of Topliss-reactive ketones (excluding diaryl/α,β-unsaturated/α-hetero) is 2. The fourth-order valence-electron chi connectivity index (χ4n) is 3.30. The number of hydrogen-bond donors (Lipinski definition) is 1. The molecule has 4 aromatic rings. The maximum atomic E-state index is 13.1. The molecule has 0 aliphatic rings. The van der Waals surface area contributed by atoms with Gasteiger partial charge in [0.1, 0.15) is 0 Å². The molecule has 0 radical (unpaired) electrons. The summed E-state index contributed by atoms with van der Waals surface area (Å²) in [5.74, 6) is -1.86. The molecule has 1 unspecified atom stereocenters. The first kappa shape index (κ1) is 17.4. The van der Waals surface area contributed by atoms with Gasteiger partial charge >= 0.3 is 0 Å². The van der Waals surface area contributed by atoms with Crippen LogP contribution in [0.3, 0.4) is 0 Å². The zero-order chi connectivity index (χ0) is 19.7. The van der Waals surface area contributed by atoms with Crippen LogP contribution < -0.4 is 0 Å². The van der Waals surface area contributed by atoms with E-state index in [-0.39, 0.29) is 0 Å². The molecule has 1 N–H and O–H groups in total. The fourth-order valence-corrected chi connectivity index (χ4v) is 3.30. The van der Waals surface area contributed by atoms with Crippen molar-refractivity contribution in [3.05, 3.63) is 77.9 Å². The highest BCUT2D eigenvalue weighted by Gasteiger charge is 2.31. The second kappa shape index (κ2) is 6.97. The number of nitrogens with one attached hydrogen (secondary N) is 1. The van der Waals surface area contributed by atoms with Crippen molar-refractivity contribution in [1.29, 1.82) is 5.26 Å². The molecule has 0 saturated heterocycles. The van der Waals surface area contributed by atoms with Crippen LogP contribution in [0.4, 0.5) is 0 Å². The standard InChI is InChI=1S/C22H15N3O3/c1-13-20(16-4-2-3-5-18(16)25-13)22(27)17(10-23)21(26)15-8-6-14(7-9-15)19-11-24-12-28-19/h2-9,11-12,17,25H,1H3. The molecule has 0 amide bonds. The normalized spacial score (nSPS) is 11.9. The quantitative estimate of drug-likeness (QED) is 0.417. The summed E-state index contributed by atoms with van der Waals surface area (Å²) in [5, 5.41) is 10.3. The van der Waals surface area contributed by atoms with E-state index >= 15 is 0 Å². The first-order valence-corrected chi connectivity index (χ1v) is 8.64. The van der Waals surface area contributed by atoms with Gasteiger partial charge in [0.25, 0.3) is 0 Å². The van der Waals surface area contributed by atoms with Gasteiger partial charge in [0.05, 0.1) is 12.3 Å². The smallest absolute Gasteiger partial charge is 0.190 e. The lowest BCUT2D eigenvalue weighted by atomic mass is 9.89. The zero-order valence-corrected chi connectivity index (χ0v) is 15.0. The Labute approximate surface area is 160 Å². The maximum absolute atomic E-state index is 13.1. The van der Waals surface area contributed by atoms with Gasteiger partial charge < -0.3 is 9.40 Å².